The van der Waals surface area contributed by atoms with Gasteiger partial charge in [-0.25, -0.2) is 0 Å². The van der Waals surface area contributed by atoms with E-state index in [-0.39, 0.29) is 17.9 Å². The Balaban J connectivity index is 1.71. The van der Waals surface area contributed by atoms with Crippen molar-refractivity contribution in [3.63, 3.8) is 0 Å². The van der Waals surface area contributed by atoms with E-state index in [0.717, 1.165) is 31.2 Å². The van der Waals surface area contributed by atoms with Gasteiger partial charge in [-0.2, -0.15) is 0 Å². The van der Waals surface area contributed by atoms with Gasteiger partial charge in [0.15, 0.2) is 0 Å². The van der Waals surface area contributed by atoms with Crippen molar-refractivity contribution in [3.8, 4) is 11.3 Å². The molecule has 2 amide bonds. The summed E-state index contributed by atoms with van der Waals surface area (Å²) in [6, 6.07) is 9.08. The van der Waals surface area contributed by atoms with Gasteiger partial charge in [-0.15, -0.1) is 0 Å². The molecule has 0 saturated heterocycles. The Morgan fingerprint density at radius 2 is 1.73 bits per heavy atom. The summed E-state index contributed by atoms with van der Waals surface area (Å²) >= 11 is 0. The minimum atomic E-state index is -0.152. The highest BCUT2D eigenvalue weighted by Gasteiger charge is 2.40. The Kier molecular flexibility index (Phi) is 3.10. The molecule has 1 aliphatic carbocycles. The summed E-state index contributed by atoms with van der Waals surface area (Å²) < 4.78 is 5.37. The fraction of sp³-hybridized carbons (Fsp3) is 0.333. The lowest BCUT2D eigenvalue weighted by atomic mass is 9.94. The van der Waals surface area contributed by atoms with Gasteiger partial charge in [-0.1, -0.05) is 25.3 Å². The number of amides is 2. The maximum Gasteiger partial charge on any atom is 0.261 e. The van der Waals surface area contributed by atoms with E-state index in [2.05, 4.69) is 0 Å². The number of hydrogen-bond donors (Lipinski definition) is 0. The molecule has 4 rings (SSSR count). The van der Waals surface area contributed by atoms with Gasteiger partial charge in [-0.05, 0) is 37.1 Å². The second kappa shape index (κ2) is 5.13. The number of imide groups is 1. The van der Waals surface area contributed by atoms with Crippen molar-refractivity contribution >= 4 is 11.8 Å². The molecule has 1 saturated carbocycles. The van der Waals surface area contributed by atoms with E-state index >= 15 is 0 Å². The van der Waals surface area contributed by atoms with Gasteiger partial charge in [0.2, 0.25) is 0 Å². The van der Waals surface area contributed by atoms with Crippen molar-refractivity contribution in [3.05, 3.63) is 47.7 Å². The van der Waals surface area contributed by atoms with Gasteiger partial charge in [-0.3, -0.25) is 14.5 Å². The molecular weight excluding hydrogens is 278 g/mol. The summed E-state index contributed by atoms with van der Waals surface area (Å²) in [6.45, 7) is 0. The predicted octanol–water partition coefficient (Wildman–Crippen LogP) is 3.88. The molecule has 1 aromatic carbocycles. The zero-order valence-electron chi connectivity index (χ0n) is 12.2. The number of nitrogens with zero attached hydrogens (tertiary/aromatic N) is 1. The first-order chi connectivity index (χ1) is 10.8. The fourth-order valence-electron chi connectivity index (χ4n) is 3.53. The molecular formula is C18H17NO3. The molecule has 2 aromatic rings. The third-order valence-electron chi connectivity index (χ3n) is 4.66. The Labute approximate surface area is 128 Å². The van der Waals surface area contributed by atoms with Crippen LogP contribution in [-0.2, 0) is 0 Å². The van der Waals surface area contributed by atoms with Crippen molar-refractivity contribution in [1.29, 1.82) is 0 Å². The average Bonchev–Trinajstić information content (AvgIpc) is 3.16. The molecule has 4 nitrogen and oxygen atoms in total. The van der Waals surface area contributed by atoms with Crippen LogP contribution in [0.1, 0.15) is 52.8 Å². The van der Waals surface area contributed by atoms with E-state index in [4.69, 9.17) is 4.42 Å². The molecule has 2 aliphatic rings. The van der Waals surface area contributed by atoms with Crippen LogP contribution in [0.3, 0.4) is 0 Å². The van der Waals surface area contributed by atoms with Crippen LogP contribution in [0.2, 0.25) is 0 Å². The molecule has 1 aromatic heterocycles. The highest BCUT2D eigenvalue weighted by Crippen LogP contribution is 2.33. The number of hydrogen-bond acceptors (Lipinski definition) is 3. The van der Waals surface area contributed by atoms with Gasteiger partial charge < -0.3 is 4.42 Å². The summed E-state index contributed by atoms with van der Waals surface area (Å²) in [7, 11) is 0. The lowest BCUT2D eigenvalue weighted by Gasteiger charge is -2.29. The number of fused-ring (bicyclic) bond motifs is 1. The Bertz CT molecular complexity index is 727. The van der Waals surface area contributed by atoms with E-state index in [9.17, 15) is 9.59 Å². The third kappa shape index (κ3) is 1.98. The predicted molar refractivity (Wildman–Crippen MR) is 81.5 cm³/mol. The standard InChI is InChI=1S/C18H17NO3/c20-17-14-9-8-12(16-7-4-10-22-16)11-15(14)18(21)19(17)13-5-2-1-3-6-13/h4,7-11,13H,1-3,5-6H2. The number of rotatable bonds is 2. The van der Waals surface area contributed by atoms with E-state index < -0.39 is 0 Å². The van der Waals surface area contributed by atoms with Crippen LogP contribution in [0, 0.1) is 0 Å². The van der Waals surface area contributed by atoms with E-state index in [0.29, 0.717) is 16.9 Å². The molecule has 4 heteroatoms. The quantitative estimate of drug-likeness (QED) is 0.790. The van der Waals surface area contributed by atoms with Crippen molar-refractivity contribution in [2.45, 2.75) is 38.1 Å². The van der Waals surface area contributed by atoms with Crippen molar-refractivity contribution in [2.24, 2.45) is 0 Å². The van der Waals surface area contributed by atoms with Crippen molar-refractivity contribution in [2.75, 3.05) is 0 Å². The molecule has 0 atom stereocenters. The van der Waals surface area contributed by atoms with Crippen LogP contribution in [0.5, 0.6) is 0 Å². The van der Waals surface area contributed by atoms with Crippen LogP contribution < -0.4 is 0 Å². The van der Waals surface area contributed by atoms with Crippen molar-refractivity contribution < 1.29 is 14.0 Å². The zero-order valence-corrected chi connectivity index (χ0v) is 12.2. The summed E-state index contributed by atoms with van der Waals surface area (Å²) in [5.74, 6) is 0.414. The van der Waals surface area contributed by atoms with E-state index in [1.807, 2.05) is 18.2 Å². The zero-order chi connectivity index (χ0) is 15.1. The van der Waals surface area contributed by atoms with Gasteiger partial charge >= 0.3 is 0 Å². The molecule has 0 unspecified atom stereocenters. The lowest BCUT2D eigenvalue weighted by Crippen LogP contribution is -2.40. The first-order valence-electron chi connectivity index (χ1n) is 7.81. The summed E-state index contributed by atoms with van der Waals surface area (Å²) in [5.41, 5.74) is 1.85. The van der Waals surface area contributed by atoms with Gasteiger partial charge in [0, 0.05) is 11.6 Å². The van der Waals surface area contributed by atoms with Crippen LogP contribution in [0.4, 0.5) is 0 Å². The molecule has 0 radical (unpaired) electrons. The highest BCUT2D eigenvalue weighted by atomic mass is 16.3. The van der Waals surface area contributed by atoms with Crippen LogP contribution in [-0.4, -0.2) is 22.8 Å². The fourth-order valence-corrected chi connectivity index (χ4v) is 3.53. The summed E-state index contributed by atoms with van der Waals surface area (Å²) in [4.78, 5) is 26.8. The SMILES string of the molecule is O=C1c2ccc(-c3ccco3)cc2C(=O)N1C1CCCCC1. The molecule has 112 valence electrons. The van der Waals surface area contributed by atoms with Crippen LogP contribution >= 0.6 is 0 Å². The van der Waals surface area contributed by atoms with Gasteiger partial charge in [0.1, 0.15) is 5.76 Å². The monoisotopic (exact) mass is 295 g/mol. The Morgan fingerprint density at radius 3 is 2.45 bits per heavy atom. The average molecular weight is 295 g/mol. The second-order valence-corrected chi connectivity index (χ2v) is 6.01. The third-order valence-corrected chi connectivity index (χ3v) is 4.66. The first-order valence-corrected chi connectivity index (χ1v) is 7.81. The van der Waals surface area contributed by atoms with Crippen LogP contribution in [0.25, 0.3) is 11.3 Å². The van der Waals surface area contributed by atoms with Gasteiger partial charge in [0.05, 0.1) is 17.4 Å². The van der Waals surface area contributed by atoms with E-state index in [1.165, 1.54) is 11.3 Å². The number of furan rings is 1. The number of carbonyl (C=O) groups is 2. The molecule has 0 bridgehead atoms. The number of benzene rings is 1. The molecule has 0 spiro atoms. The van der Waals surface area contributed by atoms with Crippen molar-refractivity contribution in [1.82, 2.24) is 4.90 Å². The highest BCUT2D eigenvalue weighted by molar-refractivity contribution is 6.22. The lowest BCUT2D eigenvalue weighted by molar-refractivity contribution is 0.0549. The maximum atomic E-state index is 12.7. The number of carbonyl (C=O) groups excluding carboxylic acids is 2. The first kappa shape index (κ1) is 13.3. The normalized spacial score (nSPS) is 18.8. The molecule has 1 fully saturated rings. The minimum Gasteiger partial charge on any atom is -0.464 e. The maximum absolute atomic E-state index is 12.7. The Hall–Kier alpha value is -2.36. The topological polar surface area (TPSA) is 50.5 Å². The minimum absolute atomic E-state index is 0.0632. The summed E-state index contributed by atoms with van der Waals surface area (Å²) in [5, 5.41) is 0. The molecule has 1 aliphatic heterocycles. The smallest absolute Gasteiger partial charge is 0.261 e. The molecule has 22 heavy (non-hydrogen) atoms. The largest absolute Gasteiger partial charge is 0.464 e. The van der Waals surface area contributed by atoms with Gasteiger partial charge in [0.25, 0.3) is 11.8 Å². The molecule has 0 N–H and O–H groups in total. The summed E-state index contributed by atoms with van der Waals surface area (Å²) in [6.07, 6.45) is 6.84. The second-order valence-electron chi connectivity index (χ2n) is 6.01. The Morgan fingerprint density at radius 1 is 0.955 bits per heavy atom. The van der Waals surface area contributed by atoms with Crippen LogP contribution in [0.15, 0.2) is 41.0 Å². The van der Waals surface area contributed by atoms with E-state index in [1.54, 1.807) is 18.4 Å². The molecule has 2 heterocycles.